The number of aryl methyl sites for hydroxylation is 3. The topological polar surface area (TPSA) is 47.5 Å². The summed E-state index contributed by atoms with van der Waals surface area (Å²) < 4.78 is 7.17. The lowest BCUT2D eigenvalue weighted by Gasteiger charge is -1.97. The molecule has 0 saturated carbocycles. The third-order valence-electron chi connectivity index (χ3n) is 2.04. The molecule has 0 amide bonds. The summed E-state index contributed by atoms with van der Waals surface area (Å²) in [7, 11) is 0. The molecule has 2 heterocycles. The molecule has 0 N–H and O–H groups in total. The number of hydrogen-bond donors (Lipinski definition) is 0. The van der Waals surface area contributed by atoms with Gasteiger partial charge in [-0.3, -0.25) is 9.20 Å². The number of aromatic nitrogens is 2. The Morgan fingerprint density at radius 3 is 2.77 bits per heavy atom. The van der Waals surface area contributed by atoms with Gasteiger partial charge < -0.3 is 4.42 Å². The van der Waals surface area contributed by atoms with Crippen LogP contribution in [0.25, 0.3) is 5.71 Å². The number of rotatable bonds is 0. The summed E-state index contributed by atoms with van der Waals surface area (Å²) in [5.74, 6) is 1.43. The third kappa shape index (κ3) is 1.06. The van der Waals surface area contributed by atoms with Crippen LogP contribution in [0.5, 0.6) is 0 Å². The Morgan fingerprint density at radius 1 is 1.38 bits per heavy atom. The Bertz CT molecular complexity index is 522. The molecule has 13 heavy (non-hydrogen) atoms. The molecular formula is C9H10N2O2. The van der Waals surface area contributed by atoms with Crippen LogP contribution >= 0.6 is 0 Å². The lowest BCUT2D eigenvalue weighted by Crippen LogP contribution is -2.14. The van der Waals surface area contributed by atoms with Gasteiger partial charge in [-0.05, 0) is 20.8 Å². The highest BCUT2D eigenvalue weighted by atomic mass is 16.3. The van der Waals surface area contributed by atoms with Gasteiger partial charge in [-0.1, -0.05) is 0 Å². The Hall–Kier alpha value is -1.58. The van der Waals surface area contributed by atoms with E-state index in [1.165, 1.54) is 0 Å². The fraction of sp³-hybridized carbons (Fsp3) is 0.333. The molecule has 0 spiro atoms. The molecule has 68 valence electrons. The van der Waals surface area contributed by atoms with Crippen LogP contribution in [0, 0.1) is 20.8 Å². The fourth-order valence-corrected chi connectivity index (χ4v) is 1.34. The van der Waals surface area contributed by atoms with Gasteiger partial charge in [0, 0.05) is 0 Å². The van der Waals surface area contributed by atoms with Gasteiger partial charge in [0.2, 0.25) is 5.71 Å². The second kappa shape index (κ2) is 2.45. The van der Waals surface area contributed by atoms with Gasteiger partial charge in [-0.15, -0.1) is 0 Å². The van der Waals surface area contributed by atoms with E-state index in [-0.39, 0.29) is 5.56 Å². The minimum atomic E-state index is -0.216. The zero-order valence-electron chi connectivity index (χ0n) is 7.79. The average molecular weight is 178 g/mol. The van der Waals surface area contributed by atoms with Gasteiger partial charge in [0.15, 0.2) is 0 Å². The van der Waals surface area contributed by atoms with Crippen LogP contribution < -0.4 is 5.56 Å². The van der Waals surface area contributed by atoms with Gasteiger partial charge in [0.05, 0.1) is 11.8 Å². The van der Waals surface area contributed by atoms with Crippen molar-refractivity contribution < 1.29 is 4.42 Å². The Kier molecular flexibility index (Phi) is 1.52. The van der Waals surface area contributed by atoms with Crippen molar-refractivity contribution in [3.63, 3.8) is 0 Å². The van der Waals surface area contributed by atoms with Gasteiger partial charge in [0.1, 0.15) is 11.6 Å². The second-order valence-corrected chi connectivity index (χ2v) is 3.11. The average Bonchev–Trinajstić information content (AvgIpc) is 2.44. The largest absolute Gasteiger partial charge is 0.443 e. The number of hydrogen-bond acceptors (Lipinski definition) is 3. The summed E-state index contributed by atoms with van der Waals surface area (Å²) in [5, 5.41) is 0. The van der Waals surface area contributed by atoms with Crippen LogP contribution in [0.15, 0.2) is 15.4 Å². The quantitative estimate of drug-likeness (QED) is 0.609. The molecule has 0 radical (unpaired) electrons. The monoisotopic (exact) mass is 178 g/mol. The summed E-state index contributed by atoms with van der Waals surface area (Å²) >= 11 is 0. The van der Waals surface area contributed by atoms with Crippen molar-refractivity contribution in [3.8, 4) is 0 Å². The highest BCUT2D eigenvalue weighted by Gasteiger charge is 2.08. The van der Waals surface area contributed by atoms with E-state index >= 15 is 0 Å². The van der Waals surface area contributed by atoms with Crippen LogP contribution in [0.3, 0.4) is 0 Å². The molecule has 4 heteroatoms. The lowest BCUT2D eigenvalue weighted by molar-refractivity contribution is 0.567. The Balaban J connectivity index is 3.04. The van der Waals surface area contributed by atoms with E-state index in [1.54, 1.807) is 18.2 Å². The second-order valence-electron chi connectivity index (χ2n) is 3.11. The summed E-state index contributed by atoms with van der Waals surface area (Å²) in [4.78, 5) is 15.1. The predicted molar refractivity (Wildman–Crippen MR) is 47.9 cm³/mol. The Morgan fingerprint density at radius 2 is 2.08 bits per heavy atom. The summed E-state index contributed by atoms with van der Waals surface area (Å²) in [6.07, 6.45) is 1.82. The van der Waals surface area contributed by atoms with Gasteiger partial charge in [-0.2, -0.15) is 4.98 Å². The van der Waals surface area contributed by atoms with Crippen molar-refractivity contribution in [1.82, 2.24) is 9.38 Å². The molecule has 0 aliphatic rings. The number of nitrogens with zero attached hydrogens (tertiary/aromatic N) is 2. The summed E-state index contributed by atoms with van der Waals surface area (Å²) in [6, 6.07) is 0. The van der Waals surface area contributed by atoms with Gasteiger partial charge in [-0.25, -0.2) is 0 Å². The molecule has 0 unspecified atom stereocenters. The smallest absolute Gasteiger partial charge is 0.279 e. The highest BCUT2D eigenvalue weighted by Crippen LogP contribution is 2.11. The fourth-order valence-electron chi connectivity index (χ4n) is 1.34. The Labute approximate surface area is 74.8 Å². The van der Waals surface area contributed by atoms with E-state index in [0.29, 0.717) is 17.1 Å². The minimum absolute atomic E-state index is 0.216. The maximum absolute atomic E-state index is 11.3. The molecule has 0 aliphatic heterocycles. The molecule has 0 saturated heterocycles. The first-order valence-electron chi connectivity index (χ1n) is 4.05. The first-order valence-corrected chi connectivity index (χ1v) is 4.05. The van der Waals surface area contributed by atoms with E-state index in [2.05, 4.69) is 4.98 Å². The SMILES string of the molecule is Cc1cn2c(C)nc(=O)c(C)c2o1. The van der Waals surface area contributed by atoms with E-state index in [0.717, 1.165) is 5.76 Å². The molecule has 2 rings (SSSR count). The van der Waals surface area contributed by atoms with E-state index in [4.69, 9.17) is 4.42 Å². The van der Waals surface area contributed by atoms with E-state index in [9.17, 15) is 4.79 Å². The zero-order valence-corrected chi connectivity index (χ0v) is 7.79. The van der Waals surface area contributed by atoms with Crippen LogP contribution in [0.2, 0.25) is 0 Å². The molecule has 0 aliphatic carbocycles. The van der Waals surface area contributed by atoms with Crippen molar-refractivity contribution in [3.05, 3.63) is 33.7 Å². The van der Waals surface area contributed by atoms with Crippen molar-refractivity contribution in [2.75, 3.05) is 0 Å². The summed E-state index contributed by atoms with van der Waals surface area (Å²) in [6.45, 7) is 5.34. The van der Waals surface area contributed by atoms with Crippen molar-refractivity contribution in [1.29, 1.82) is 0 Å². The molecule has 2 aromatic heterocycles. The maximum atomic E-state index is 11.3. The molecule has 2 aromatic rings. The predicted octanol–water partition coefficient (Wildman–Crippen LogP) is 1.21. The molecule has 0 fully saturated rings. The molecule has 0 atom stereocenters. The number of oxazole rings is 1. The third-order valence-corrected chi connectivity index (χ3v) is 2.04. The lowest BCUT2D eigenvalue weighted by atomic mass is 10.3. The van der Waals surface area contributed by atoms with Crippen LogP contribution in [0.4, 0.5) is 0 Å². The first-order chi connectivity index (χ1) is 6.09. The molecule has 0 aromatic carbocycles. The summed E-state index contributed by atoms with van der Waals surface area (Å²) in [5.41, 5.74) is 0.931. The molecule has 0 bridgehead atoms. The normalized spacial score (nSPS) is 11.0. The van der Waals surface area contributed by atoms with Gasteiger partial charge in [0.25, 0.3) is 5.56 Å². The van der Waals surface area contributed by atoms with E-state index in [1.807, 2.05) is 13.1 Å². The zero-order chi connectivity index (χ0) is 9.59. The van der Waals surface area contributed by atoms with Gasteiger partial charge >= 0.3 is 0 Å². The number of fused-ring (bicyclic) bond motifs is 1. The first kappa shape index (κ1) is 8.04. The van der Waals surface area contributed by atoms with Crippen molar-refractivity contribution in [2.24, 2.45) is 0 Å². The van der Waals surface area contributed by atoms with Crippen molar-refractivity contribution in [2.45, 2.75) is 20.8 Å². The van der Waals surface area contributed by atoms with Crippen LogP contribution in [0.1, 0.15) is 17.1 Å². The van der Waals surface area contributed by atoms with Crippen LogP contribution in [-0.4, -0.2) is 9.38 Å². The van der Waals surface area contributed by atoms with Crippen LogP contribution in [-0.2, 0) is 0 Å². The molecule has 4 nitrogen and oxygen atoms in total. The van der Waals surface area contributed by atoms with Crippen molar-refractivity contribution >= 4 is 5.71 Å². The molecular weight excluding hydrogens is 168 g/mol. The van der Waals surface area contributed by atoms with E-state index < -0.39 is 0 Å². The minimum Gasteiger partial charge on any atom is -0.443 e. The highest BCUT2D eigenvalue weighted by molar-refractivity contribution is 5.43. The standard InChI is InChI=1S/C9H10N2O2/c1-5-4-11-7(3)10-8(12)6(2)9(11)13-5/h4H,1-3H3. The maximum Gasteiger partial charge on any atom is 0.279 e.